The maximum absolute atomic E-state index is 11.0. The predicted molar refractivity (Wildman–Crippen MR) is 86.7 cm³/mol. The van der Waals surface area contributed by atoms with Gasteiger partial charge >= 0.3 is 0 Å². The van der Waals surface area contributed by atoms with Crippen molar-refractivity contribution < 1.29 is 4.21 Å². The van der Waals surface area contributed by atoms with E-state index >= 15 is 0 Å². The van der Waals surface area contributed by atoms with Crippen LogP contribution in [0.2, 0.25) is 0 Å². The molecule has 0 saturated carbocycles. The molecule has 3 nitrogen and oxygen atoms in total. The van der Waals surface area contributed by atoms with Gasteiger partial charge in [0.25, 0.3) is 0 Å². The average Bonchev–Trinajstić information content (AvgIpc) is 2.26. The first-order valence-corrected chi connectivity index (χ1v) is 8.49. The summed E-state index contributed by atoms with van der Waals surface area (Å²) in [6.07, 6.45) is 2.60. The topological polar surface area (TPSA) is 55.1 Å². The molecule has 6 heteroatoms. The van der Waals surface area contributed by atoms with E-state index in [1.165, 1.54) is 0 Å². The van der Waals surface area contributed by atoms with Crippen LogP contribution in [0.15, 0.2) is 22.7 Å². The third-order valence-corrected chi connectivity index (χ3v) is 4.17. The molecule has 18 heavy (non-hydrogen) atoms. The largest absolute Gasteiger partial charge is 0.389 e. The summed E-state index contributed by atoms with van der Waals surface area (Å²) in [5, 5.41) is 3.36. The summed E-state index contributed by atoms with van der Waals surface area (Å²) in [7, 11) is -0.741. The highest BCUT2D eigenvalue weighted by atomic mass is 79.9. The van der Waals surface area contributed by atoms with E-state index in [1.807, 2.05) is 18.2 Å². The first-order chi connectivity index (χ1) is 8.40. The van der Waals surface area contributed by atoms with Gasteiger partial charge in [0.05, 0.1) is 0 Å². The van der Waals surface area contributed by atoms with Crippen LogP contribution in [0.4, 0.5) is 5.69 Å². The third-order valence-electron chi connectivity index (χ3n) is 2.49. The number of nitrogens with two attached hydrogens (primary N) is 1. The molecule has 0 aliphatic carbocycles. The number of anilines is 1. The summed E-state index contributed by atoms with van der Waals surface area (Å²) in [5.41, 5.74) is 7.42. The summed E-state index contributed by atoms with van der Waals surface area (Å²) in [6, 6.07) is 6.06. The smallest absolute Gasteiger partial charge is 0.105 e. The second-order valence-corrected chi connectivity index (χ2v) is 7.02. The Bertz CT molecular complexity index is 465. The lowest BCUT2D eigenvalue weighted by Gasteiger charge is -2.15. The zero-order chi connectivity index (χ0) is 13.7. The summed E-state index contributed by atoms with van der Waals surface area (Å²) >= 11 is 8.39. The molecule has 0 spiro atoms. The van der Waals surface area contributed by atoms with Crippen LogP contribution in [0.1, 0.15) is 18.9 Å². The number of nitrogens with one attached hydrogen (secondary N) is 1. The van der Waals surface area contributed by atoms with Crippen LogP contribution in [0.25, 0.3) is 0 Å². The highest BCUT2D eigenvalue weighted by Crippen LogP contribution is 2.22. The predicted octanol–water partition coefficient (Wildman–Crippen LogP) is 2.65. The molecule has 0 radical (unpaired) electrons. The average molecular weight is 349 g/mol. The van der Waals surface area contributed by atoms with E-state index in [-0.39, 0.29) is 6.04 Å². The van der Waals surface area contributed by atoms with Gasteiger partial charge in [-0.3, -0.25) is 4.21 Å². The monoisotopic (exact) mass is 348 g/mol. The number of thiocarbonyl (C=S) groups is 1. The Morgan fingerprint density at radius 2 is 2.28 bits per heavy atom. The fourth-order valence-electron chi connectivity index (χ4n) is 1.50. The summed E-state index contributed by atoms with van der Waals surface area (Å²) in [5.74, 6) is 0.709. The quantitative estimate of drug-likeness (QED) is 0.776. The fraction of sp³-hybridized carbons (Fsp3) is 0.417. The van der Waals surface area contributed by atoms with Crippen molar-refractivity contribution in [2.45, 2.75) is 19.4 Å². The Morgan fingerprint density at radius 3 is 2.78 bits per heavy atom. The van der Waals surface area contributed by atoms with Gasteiger partial charge in [-0.2, -0.15) is 0 Å². The molecule has 3 N–H and O–H groups in total. The normalized spacial score (nSPS) is 13.9. The molecule has 1 aromatic carbocycles. The van der Waals surface area contributed by atoms with Crippen LogP contribution >= 0.6 is 28.1 Å². The van der Waals surface area contributed by atoms with Gasteiger partial charge < -0.3 is 11.1 Å². The molecule has 2 unspecified atom stereocenters. The van der Waals surface area contributed by atoms with Crippen LogP contribution in [-0.4, -0.2) is 27.2 Å². The van der Waals surface area contributed by atoms with E-state index < -0.39 is 10.8 Å². The first-order valence-electron chi connectivity index (χ1n) is 5.56. The van der Waals surface area contributed by atoms with Gasteiger partial charge in [-0.1, -0.05) is 12.2 Å². The minimum absolute atomic E-state index is 0.275. The maximum Gasteiger partial charge on any atom is 0.105 e. The van der Waals surface area contributed by atoms with E-state index in [9.17, 15) is 4.21 Å². The number of benzene rings is 1. The van der Waals surface area contributed by atoms with Gasteiger partial charge in [-0.25, -0.2) is 0 Å². The molecule has 100 valence electrons. The van der Waals surface area contributed by atoms with Crippen molar-refractivity contribution in [3.05, 3.63) is 28.2 Å². The van der Waals surface area contributed by atoms with E-state index in [1.54, 1.807) is 6.26 Å². The van der Waals surface area contributed by atoms with Crippen LogP contribution in [0.5, 0.6) is 0 Å². The highest BCUT2D eigenvalue weighted by molar-refractivity contribution is 9.10. The molecule has 0 bridgehead atoms. The SMILES string of the molecule is CC(CCS(C)=O)Nc1ccc(C(N)=S)c(Br)c1. The lowest BCUT2D eigenvalue weighted by Crippen LogP contribution is -2.18. The molecule has 0 heterocycles. The van der Waals surface area contributed by atoms with Crippen molar-refractivity contribution in [1.29, 1.82) is 0 Å². The maximum atomic E-state index is 11.0. The van der Waals surface area contributed by atoms with Crippen LogP contribution < -0.4 is 11.1 Å². The zero-order valence-corrected chi connectivity index (χ0v) is 13.6. The van der Waals surface area contributed by atoms with Crippen molar-refractivity contribution in [3.8, 4) is 0 Å². The van der Waals surface area contributed by atoms with E-state index in [4.69, 9.17) is 18.0 Å². The van der Waals surface area contributed by atoms with Crippen molar-refractivity contribution >= 4 is 49.6 Å². The van der Waals surface area contributed by atoms with Gasteiger partial charge in [0.15, 0.2) is 0 Å². The Hall–Kier alpha value is -0.460. The van der Waals surface area contributed by atoms with Gasteiger partial charge in [-0.05, 0) is 47.5 Å². The molecule has 0 saturated heterocycles. The Kier molecular flexibility index (Phi) is 6.25. The zero-order valence-electron chi connectivity index (χ0n) is 10.4. The molecule has 0 aromatic heterocycles. The van der Waals surface area contributed by atoms with Crippen molar-refractivity contribution in [2.75, 3.05) is 17.3 Å². The van der Waals surface area contributed by atoms with E-state index in [2.05, 4.69) is 28.2 Å². The molecule has 0 amide bonds. The number of hydrogen-bond donors (Lipinski definition) is 2. The van der Waals surface area contributed by atoms with Gasteiger partial charge in [0, 0.05) is 44.6 Å². The lowest BCUT2D eigenvalue weighted by atomic mass is 10.2. The first kappa shape index (κ1) is 15.6. The van der Waals surface area contributed by atoms with Gasteiger partial charge in [-0.15, -0.1) is 0 Å². The molecule has 0 fully saturated rings. The van der Waals surface area contributed by atoms with E-state index in [0.717, 1.165) is 22.1 Å². The lowest BCUT2D eigenvalue weighted by molar-refractivity contribution is 0.678. The molecule has 1 rings (SSSR count). The third kappa shape index (κ3) is 5.04. The molecule has 1 aromatic rings. The van der Waals surface area contributed by atoms with Crippen LogP contribution in [-0.2, 0) is 10.8 Å². The van der Waals surface area contributed by atoms with Gasteiger partial charge in [0.2, 0.25) is 0 Å². The Balaban J connectivity index is 2.65. The van der Waals surface area contributed by atoms with Gasteiger partial charge in [0.1, 0.15) is 4.99 Å². The minimum atomic E-state index is -0.741. The molecular formula is C12H17BrN2OS2. The summed E-state index contributed by atoms with van der Waals surface area (Å²) in [4.78, 5) is 0.378. The van der Waals surface area contributed by atoms with Crippen LogP contribution in [0, 0.1) is 0 Å². The molecule has 2 atom stereocenters. The molecule has 0 aliphatic heterocycles. The number of rotatable bonds is 6. The molecular weight excluding hydrogens is 332 g/mol. The fourth-order valence-corrected chi connectivity index (χ4v) is 3.09. The number of hydrogen-bond acceptors (Lipinski definition) is 3. The second-order valence-electron chi connectivity index (χ2n) is 4.17. The Labute approximate surface area is 124 Å². The van der Waals surface area contributed by atoms with Crippen LogP contribution in [0.3, 0.4) is 0 Å². The minimum Gasteiger partial charge on any atom is -0.389 e. The van der Waals surface area contributed by atoms with Crippen molar-refractivity contribution in [3.63, 3.8) is 0 Å². The standard InChI is InChI=1S/C12H17BrN2OS2/c1-8(5-6-18(2)16)15-9-3-4-10(12(14)17)11(13)7-9/h3-4,7-8,15H,5-6H2,1-2H3,(H2,14,17). The summed E-state index contributed by atoms with van der Waals surface area (Å²) < 4.78 is 11.9. The van der Waals surface area contributed by atoms with Crippen molar-refractivity contribution in [2.24, 2.45) is 5.73 Å². The van der Waals surface area contributed by atoms with Crippen molar-refractivity contribution in [1.82, 2.24) is 0 Å². The van der Waals surface area contributed by atoms with E-state index in [0.29, 0.717) is 10.7 Å². The number of halogens is 1. The summed E-state index contributed by atoms with van der Waals surface area (Å²) in [6.45, 7) is 2.07. The highest BCUT2D eigenvalue weighted by Gasteiger charge is 2.07. The molecule has 0 aliphatic rings. The Morgan fingerprint density at radius 1 is 1.61 bits per heavy atom. The second kappa shape index (κ2) is 7.21.